The summed E-state index contributed by atoms with van der Waals surface area (Å²) in [6.07, 6.45) is 5.64. The molecule has 0 fully saturated rings. The fourth-order valence-electron chi connectivity index (χ4n) is 2.30. The molecule has 1 aliphatic rings. The van der Waals surface area contributed by atoms with Gasteiger partial charge < -0.3 is 10.6 Å². The van der Waals surface area contributed by atoms with Gasteiger partial charge in [-0.1, -0.05) is 19.8 Å². The molecule has 3 nitrogen and oxygen atoms in total. The van der Waals surface area contributed by atoms with Gasteiger partial charge in [0.25, 0.3) is 5.91 Å². The fourth-order valence-corrected chi connectivity index (χ4v) is 2.30. The van der Waals surface area contributed by atoms with Crippen LogP contribution in [0, 0.1) is 0 Å². The van der Waals surface area contributed by atoms with Gasteiger partial charge in [0.05, 0.1) is 0 Å². The summed E-state index contributed by atoms with van der Waals surface area (Å²) in [7, 11) is 0. The van der Waals surface area contributed by atoms with Gasteiger partial charge in [-0.3, -0.25) is 4.79 Å². The molecule has 0 aliphatic carbocycles. The predicted molar refractivity (Wildman–Crippen MR) is 75.1 cm³/mol. The van der Waals surface area contributed by atoms with E-state index in [1.165, 1.54) is 24.1 Å². The van der Waals surface area contributed by atoms with Crippen LogP contribution in [0.1, 0.15) is 48.5 Å². The Morgan fingerprint density at radius 3 is 3.11 bits per heavy atom. The standard InChI is InChI=1S/C15H22N2O/c1-2-3-4-9-17-15(18)13-7-8-14-12(11-13)6-5-10-16-14/h7-8,11,16H,2-6,9-10H2,1H3,(H,17,18). The van der Waals surface area contributed by atoms with Crippen molar-refractivity contribution in [3.05, 3.63) is 29.3 Å². The number of benzene rings is 1. The van der Waals surface area contributed by atoms with Crippen molar-refractivity contribution in [1.29, 1.82) is 0 Å². The third kappa shape index (κ3) is 3.25. The van der Waals surface area contributed by atoms with Crippen molar-refractivity contribution < 1.29 is 4.79 Å². The fraction of sp³-hybridized carbons (Fsp3) is 0.533. The zero-order chi connectivity index (χ0) is 12.8. The first kappa shape index (κ1) is 12.9. The Labute approximate surface area is 109 Å². The second-order valence-electron chi connectivity index (χ2n) is 4.87. The number of carbonyl (C=O) groups is 1. The number of hydrogen-bond acceptors (Lipinski definition) is 2. The minimum Gasteiger partial charge on any atom is -0.385 e. The number of hydrogen-bond donors (Lipinski definition) is 2. The molecule has 0 unspecified atom stereocenters. The Bertz CT molecular complexity index is 415. The van der Waals surface area contributed by atoms with E-state index in [2.05, 4.69) is 17.6 Å². The molecule has 0 saturated carbocycles. The molecule has 0 aromatic heterocycles. The Morgan fingerprint density at radius 2 is 2.28 bits per heavy atom. The van der Waals surface area contributed by atoms with Crippen LogP contribution < -0.4 is 10.6 Å². The molecule has 1 aromatic carbocycles. The lowest BCUT2D eigenvalue weighted by atomic mass is 10.0. The number of nitrogens with one attached hydrogen (secondary N) is 2. The SMILES string of the molecule is CCCCCNC(=O)c1ccc2c(c1)CCCN2. The Hall–Kier alpha value is -1.51. The van der Waals surface area contributed by atoms with Crippen LogP contribution in [-0.4, -0.2) is 19.0 Å². The lowest BCUT2D eigenvalue weighted by molar-refractivity contribution is 0.0953. The van der Waals surface area contributed by atoms with Gasteiger partial charge in [-0.25, -0.2) is 0 Å². The van der Waals surface area contributed by atoms with Gasteiger partial charge in [0.1, 0.15) is 0 Å². The van der Waals surface area contributed by atoms with Crippen molar-refractivity contribution in [2.45, 2.75) is 39.0 Å². The van der Waals surface area contributed by atoms with E-state index in [9.17, 15) is 4.79 Å². The van der Waals surface area contributed by atoms with Crippen molar-refractivity contribution in [3.63, 3.8) is 0 Å². The highest BCUT2D eigenvalue weighted by Crippen LogP contribution is 2.22. The highest BCUT2D eigenvalue weighted by Gasteiger charge is 2.11. The molecular formula is C15H22N2O. The number of rotatable bonds is 5. The van der Waals surface area contributed by atoms with E-state index in [4.69, 9.17) is 0 Å². The molecule has 98 valence electrons. The van der Waals surface area contributed by atoms with Crippen molar-refractivity contribution in [2.24, 2.45) is 0 Å². The predicted octanol–water partition coefficient (Wildman–Crippen LogP) is 2.96. The molecule has 0 radical (unpaired) electrons. The molecule has 0 atom stereocenters. The van der Waals surface area contributed by atoms with Crippen LogP contribution in [0.25, 0.3) is 0 Å². The topological polar surface area (TPSA) is 41.1 Å². The monoisotopic (exact) mass is 246 g/mol. The molecule has 1 heterocycles. The maximum Gasteiger partial charge on any atom is 0.251 e. The summed E-state index contributed by atoms with van der Waals surface area (Å²) < 4.78 is 0. The van der Waals surface area contributed by atoms with Crippen LogP contribution in [0.4, 0.5) is 5.69 Å². The Balaban J connectivity index is 1.94. The van der Waals surface area contributed by atoms with Crippen LogP contribution in [-0.2, 0) is 6.42 Å². The largest absolute Gasteiger partial charge is 0.385 e. The van der Waals surface area contributed by atoms with E-state index in [0.29, 0.717) is 0 Å². The number of fused-ring (bicyclic) bond motifs is 1. The number of amides is 1. The summed E-state index contributed by atoms with van der Waals surface area (Å²) in [5.41, 5.74) is 3.24. The van der Waals surface area contributed by atoms with E-state index >= 15 is 0 Å². The number of aryl methyl sites for hydroxylation is 1. The summed E-state index contributed by atoms with van der Waals surface area (Å²) in [6, 6.07) is 5.96. The minimum absolute atomic E-state index is 0.0551. The average Bonchev–Trinajstić information content (AvgIpc) is 2.43. The van der Waals surface area contributed by atoms with Gasteiger partial charge in [-0.2, -0.15) is 0 Å². The van der Waals surface area contributed by atoms with E-state index in [0.717, 1.165) is 37.9 Å². The van der Waals surface area contributed by atoms with E-state index in [1.807, 2.05) is 18.2 Å². The van der Waals surface area contributed by atoms with Crippen LogP contribution in [0.3, 0.4) is 0 Å². The van der Waals surface area contributed by atoms with Crippen molar-refractivity contribution in [3.8, 4) is 0 Å². The van der Waals surface area contributed by atoms with Crippen molar-refractivity contribution in [2.75, 3.05) is 18.4 Å². The third-order valence-corrected chi connectivity index (χ3v) is 3.37. The molecule has 3 heteroatoms. The highest BCUT2D eigenvalue weighted by atomic mass is 16.1. The van der Waals surface area contributed by atoms with E-state index in [1.54, 1.807) is 0 Å². The first-order chi connectivity index (χ1) is 8.81. The molecule has 18 heavy (non-hydrogen) atoms. The van der Waals surface area contributed by atoms with Gasteiger partial charge in [0, 0.05) is 24.3 Å². The van der Waals surface area contributed by atoms with Crippen LogP contribution in [0.5, 0.6) is 0 Å². The molecule has 1 aliphatic heterocycles. The van der Waals surface area contributed by atoms with Crippen molar-refractivity contribution >= 4 is 11.6 Å². The van der Waals surface area contributed by atoms with Gasteiger partial charge in [-0.05, 0) is 43.0 Å². The number of unbranched alkanes of at least 4 members (excludes halogenated alkanes) is 2. The maximum absolute atomic E-state index is 12.0. The summed E-state index contributed by atoms with van der Waals surface area (Å²) >= 11 is 0. The zero-order valence-corrected chi connectivity index (χ0v) is 11.1. The summed E-state index contributed by atoms with van der Waals surface area (Å²) in [5, 5.41) is 6.34. The third-order valence-electron chi connectivity index (χ3n) is 3.37. The van der Waals surface area contributed by atoms with Crippen LogP contribution in [0.2, 0.25) is 0 Å². The van der Waals surface area contributed by atoms with E-state index in [-0.39, 0.29) is 5.91 Å². The maximum atomic E-state index is 12.0. The Morgan fingerprint density at radius 1 is 1.39 bits per heavy atom. The molecule has 0 saturated heterocycles. The molecule has 2 N–H and O–H groups in total. The first-order valence-corrected chi connectivity index (χ1v) is 6.96. The normalized spacial score (nSPS) is 13.6. The molecule has 0 bridgehead atoms. The molecule has 1 aromatic rings. The quantitative estimate of drug-likeness (QED) is 0.784. The van der Waals surface area contributed by atoms with Crippen molar-refractivity contribution in [1.82, 2.24) is 5.32 Å². The summed E-state index contributed by atoms with van der Waals surface area (Å²) in [5.74, 6) is 0.0551. The molecule has 1 amide bonds. The highest BCUT2D eigenvalue weighted by molar-refractivity contribution is 5.94. The molecule has 2 rings (SSSR count). The van der Waals surface area contributed by atoms with Gasteiger partial charge in [0.2, 0.25) is 0 Å². The number of anilines is 1. The Kier molecular flexibility index (Phi) is 4.62. The smallest absolute Gasteiger partial charge is 0.251 e. The van der Waals surface area contributed by atoms with Gasteiger partial charge in [-0.15, -0.1) is 0 Å². The summed E-state index contributed by atoms with van der Waals surface area (Å²) in [6.45, 7) is 3.98. The zero-order valence-electron chi connectivity index (χ0n) is 11.1. The lowest BCUT2D eigenvalue weighted by Gasteiger charge is -2.18. The number of carbonyl (C=O) groups excluding carboxylic acids is 1. The van der Waals surface area contributed by atoms with Crippen LogP contribution >= 0.6 is 0 Å². The minimum atomic E-state index is 0.0551. The lowest BCUT2D eigenvalue weighted by Crippen LogP contribution is -2.25. The van der Waals surface area contributed by atoms with Gasteiger partial charge >= 0.3 is 0 Å². The van der Waals surface area contributed by atoms with Gasteiger partial charge in [0.15, 0.2) is 0 Å². The second-order valence-corrected chi connectivity index (χ2v) is 4.87. The first-order valence-electron chi connectivity index (χ1n) is 6.96. The average molecular weight is 246 g/mol. The van der Waals surface area contributed by atoms with Crippen LogP contribution in [0.15, 0.2) is 18.2 Å². The molecular weight excluding hydrogens is 224 g/mol. The second kappa shape index (κ2) is 6.43. The van der Waals surface area contributed by atoms with E-state index < -0.39 is 0 Å². The summed E-state index contributed by atoms with van der Waals surface area (Å²) in [4.78, 5) is 12.0. The molecule has 0 spiro atoms.